The van der Waals surface area contributed by atoms with Crippen LogP contribution < -0.4 is 34.4 Å². The predicted octanol–water partition coefficient (Wildman–Crippen LogP) is -4.28. The SMILES string of the molecule is CO[C@@H]1[C@@H](O[C@@H]2O[C@H](CO)[C@@H](O[C@H]3O[C@@H](CN)[C@@H](O)[C@H](O)[C@H]3N)[C@H]2O)[C@H](O[C@H]2O[C@H](CN)CC[C@H]2N)[C@@H](N)C[C@H]1N.O=C(O)C(F)(F)C(F)(F)C(F)(F)F. The Kier molecular flexibility index (Phi) is 16.2. The molecule has 17 atom stereocenters. The molecule has 3 heterocycles. The Morgan fingerprint density at radius 2 is 1.26 bits per heavy atom. The predicted molar refractivity (Wildman–Crippen MR) is 164 cm³/mol. The first kappa shape index (κ1) is 46.7. The van der Waals surface area contributed by atoms with Crippen molar-refractivity contribution in [2.24, 2.45) is 34.4 Å². The van der Waals surface area contributed by atoms with E-state index in [9.17, 15) is 56.0 Å². The third-order valence-corrected chi connectivity index (χ3v) is 9.41. The quantitative estimate of drug-likeness (QED) is 0.0831. The fourth-order valence-electron chi connectivity index (χ4n) is 6.26. The Bertz CT molecular complexity index is 1210. The molecule has 26 heteroatoms. The first-order valence-corrected chi connectivity index (χ1v) is 16.6. The van der Waals surface area contributed by atoms with E-state index in [-0.39, 0.29) is 12.6 Å². The van der Waals surface area contributed by atoms with Crippen LogP contribution in [0.25, 0.3) is 0 Å². The second kappa shape index (κ2) is 18.7. The summed E-state index contributed by atoms with van der Waals surface area (Å²) >= 11 is 0. The molecule has 1 aliphatic carbocycles. The summed E-state index contributed by atoms with van der Waals surface area (Å²) in [6, 6.07) is -2.75. The zero-order valence-corrected chi connectivity index (χ0v) is 28.7. The average Bonchev–Trinajstić information content (AvgIpc) is 3.39. The zero-order chi connectivity index (χ0) is 41.1. The molecule has 19 nitrogen and oxygen atoms in total. The summed E-state index contributed by atoms with van der Waals surface area (Å²) in [5.41, 5.74) is 36.6. The van der Waals surface area contributed by atoms with Gasteiger partial charge in [-0.1, -0.05) is 0 Å². The Morgan fingerprint density at radius 3 is 1.76 bits per heavy atom. The van der Waals surface area contributed by atoms with E-state index in [4.69, 9.17) is 72.7 Å². The molecule has 0 amide bonds. The van der Waals surface area contributed by atoms with Crippen LogP contribution in [0.1, 0.15) is 19.3 Å². The summed E-state index contributed by atoms with van der Waals surface area (Å²) in [5, 5.41) is 49.1. The maximum absolute atomic E-state index is 11.8. The van der Waals surface area contributed by atoms with Crippen LogP contribution in [0.5, 0.6) is 0 Å². The molecule has 318 valence electrons. The molecule has 3 saturated heterocycles. The number of carbonyl (C=O) groups is 1. The van der Waals surface area contributed by atoms with Gasteiger partial charge in [-0.15, -0.1) is 0 Å². The fourth-order valence-corrected chi connectivity index (χ4v) is 6.26. The van der Waals surface area contributed by atoms with Gasteiger partial charge >= 0.3 is 24.0 Å². The monoisotopic (exact) mass is 810 g/mol. The fraction of sp³-hybridized carbons (Fsp3) is 0.964. The second-order valence-corrected chi connectivity index (χ2v) is 13.2. The van der Waals surface area contributed by atoms with E-state index < -0.39 is 129 Å². The van der Waals surface area contributed by atoms with E-state index in [0.717, 1.165) is 0 Å². The lowest BCUT2D eigenvalue weighted by atomic mass is 9.84. The number of methoxy groups -OCH3 is 1. The van der Waals surface area contributed by atoms with Gasteiger partial charge in [-0.25, -0.2) is 4.79 Å². The van der Waals surface area contributed by atoms with Gasteiger partial charge in [-0.3, -0.25) is 0 Å². The van der Waals surface area contributed by atoms with E-state index in [0.29, 0.717) is 25.8 Å². The van der Waals surface area contributed by atoms with Crippen LogP contribution in [0.4, 0.5) is 30.7 Å². The number of hydrogen-bond acceptors (Lipinski definition) is 18. The largest absolute Gasteiger partial charge is 0.477 e. The third kappa shape index (κ3) is 9.87. The molecule has 4 fully saturated rings. The number of hydrogen-bond donors (Lipinski definition) is 11. The number of aliphatic hydroxyl groups is 4. The van der Waals surface area contributed by atoms with Crippen molar-refractivity contribution in [3.63, 3.8) is 0 Å². The molecule has 0 aromatic carbocycles. The van der Waals surface area contributed by atoms with E-state index >= 15 is 0 Å². The number of rotatable bonds is 12. The maximum atomic E-state index is 11.8. The minimum atomic E-state index is -6.60. The number of carboxylic acid groups (broad SMARTS) is 1. The molecule has 0 unspecified atom stereocenters. The Balaban J connectivity index is 0.000000515. The van der Waals surface area contributed by atoms with Crippen molar-refractivity contribution in [2.45, 2.75) is 141 Å². The summed E-state index contributed by atoms with van der Waals surface area (Å²) in [6.45, 7) is -0.374. The number of aliphatic hydroxyl groups excluding tert-OH is 4. The summed E-state index contributed by atoms with van der Waals surface area (Å²) < 4.78 is 122. The number of halogens is 7. The van der Waals surface area contributed by atoms with Gasteiger partial charge < -0.3 is 93.1 Å². The molecule has 0 aromatic rings. The second-order valence-electron chi connectivity index (χ2n) is 13.2. The molecule has 0 aromatic heterocycles. The van der Waals surface area contributed by atoms with E-state index in [1.807, 2.05) is 0 Å². The van der Waals surface area contributed by atoms with Crippen molar-refractivity contribution in [3.05, 3.63) is 0 Å². The summed E-state index contributed by atoms with van der Waals surface area (Å²) in [5.74, 6) is -16.3. The van der Waals surface area contributed by atoms with Crippen LogP contribution in [0, 0.1) is 0 Å². The molecule has 0 bridgehead atoms. The van der Waals surface area contributed by atoms with Gasteiger partial charge in [0.15, 0.2) is 18.9 Å². The van der Waals surface area contributed by atoms with Gasteiger partial charge in [0, 0.05) is 32.3 Å². The summed E-state index contributed by atoms with van der Waals surface area (Å²) in [6.07, 6.45) is -18.5. The smallest absolute Gasteiger partial charge is 0.460 e. The van der Waals surface area contributed by atoms with Gasteiger partial charge in [-0.2, -0.15) is 30.7 Å². The third-order valence-electron chi connectivity index (χ3n) is 9.41. The molecule has 3 aliphatic heterocycles. The first-order chi connectivity index (χ1) is 25.0. The zero-order valence-electron chi connectivity index (χ0n) is 28.7. The number of carboxylic acids is 1. The topological polar surface area (TPSA) is 339 Å². The molecular formula is C28H49F7N6O13. The molecule has 0 radical (unpaired) electrons. The Labute approximate surface area is 303 Å². The van der Waals surface area contributed by atoms with Crippen molar-refractivity contribution in [1.29, 1.82) is 0 Å². The van der Waals surface area contributed by atoms with Crippen molar-refractivity contribution in [1.82, 2.24) is 0 Å². The first-order valence-electron chi connectivity index (χ1n) is 16.6. The van der Waals surface area contributed by atoms with Crippen LogP contribution in [0.2, 0.25) is 0 Å². The van der Waals surface area contributed by atoms with Crippen LogP contribution in [0.3, 0.4) is 0 Å². The van der Waals surface area contributed by atoms with Crippen LogP contribution in [0.15, 0.2) is 0 Å². The lowest BCUT2D eigenvalue weighted by molar-refractivity contribution is -0.347. The molecule has 54 heavy (non-hydrogen) atoms. The van der Waals surface area contributed by atoms with Gasteiger partial charge in [-0.05, 0) is 19.3 Å². The van der Waals surface area contributed by atoms with Gasteiger partial charge in [0.05, 0.1) is 24.8 Å². The molecule has 4 rings (SSSR count). The summed E-state index contributed by atoms with van der Waals surface area (Å²) in [4.78, 5) is 9.38. The van der Waals surface area contributed by atoms with E-state index in [1.54, 1.807) is 0 Å². The Morgan fingerprint density at radius 1 is 0.704 bits per heavy atom. The van der Waals surface area contributed by atoms with Crippen LogP contribution in [-0.4, -0.2) is 180 Å². The minimum absolute atomic E-state index is 0.119. The van der Waals surface area contributed by atoms with Crippen molar-refractivity contribution in [2.75, 3.05) is 26.8 Å². The van der Waals surface area contributed by atoms with Gasteiger partial charge in [0.25, 0.3) is 0 Å². The molecular weight excluding hydrogens is 761 g/mol. The van der Waals surface area contributed by atoms with Gasteiger partial charge in [0.1, 0.15) is 54.9 Å². The molecule has 4 aliphatic rings. The number of alkyl halides is 7. The average molecular weight is 811 g/mol. The highest BCUT2D eigenvalue weighted by atomic mass is 19.4. The highest BCUT2D eigenvalue weighted by Crippen LogP contribution is 2.46. The number of aliphatic carboxylic acids is 1. The Hall–Kier alpha value is -1.70. The van der Waals surface area contributed by atoms with Crippen molar-refractivity contribution in [3.8, 4) is 0 Å². The number of nitrogens with two attached hydrogens (primary N) is 6. The van der Waals surface area contributed by atoms with Crippen LogP contribution >= 0.6 is 0 Å². The lowest BCUT2D eigenvalue weighted by Crippen LogP contribution is -2.66. The van der Waals surface area contributed by atoms with Crippen molar-refractivity contribution >= 4 is 5.97 Å². The normalized spacial score (nSPS) is 42.3. The highest BCUT2D eigenvalue weighted by Gasteiger charge is 2.76. The number of ether oxygens (including phenoxy) is 7. The van der Waals surface area contributed by atoms with Crippen LogP contribution in [-0.2, 0) is 38.0 Å². The minimum Gasteiger partial charge on any atom is -0.477 e. The standard InChI is InChI=1S/C24H48N6O11.C4HF7O2/c1-35-18-10(28)4-11(29)19(39-22-9(27)3-2-8(5-25)36-22)21(18)41-24-17(34)20(13(7-31)38-24)40-23-14(30)16(33)15(32)12(6-26)37-23;5-2(6,1(12)13)3(7,8)4(9,10)11/h8-24,31-34H,2-7,25-30H2,1H3;(H,12,13)/t8-,9+,10+,11-,12-,13+,14+,15+,16+,17+,18-,19+,20+,21+,22+,23+,24-;/m0./s1. The highest BCUT2D eigenvalue weighted by molar-refractivity contribution is 5.76. The summed E-state index contributed by atoms with van der Waals surface area (Å²) in [7, 11) is 1.46. The van der Waals surface area contributed by atoms with E-state index in [2.05, 4.69) is 0 Å². The molecule has 0 spiro atoms. The maximum Gasteiger partial charge on any atom is 0.460 e. The van der Waals surface area contributed by atoms with Gasteiger partial charge in [0.2, 0.25) is 0 Å². The van der Waals surface area contributed by atoms with E-state index in [1.165, 1.54) is 7.11 Å². The molecule has 1 saturated carbocycles. The van der Waals surface area contributed by atoms with Crippen molar-refractivity contribution < 1.29 is 94.2 Å². The molecule has 17 N–H and O–H groups in total. The lowest BCUT2D eigenvalue weighted by Gasteiger charge is -2.46.